The molecule has 0 spiro atoms. The van der Waals surface area contributed by atoms with E-state index in [0.717, 1.165) is 23.5 Å². The summed E-state index contributed by atoms with van der Waals surface area (Å²) in [7, 11) is 0. The minimum absolute atomic E-state index is 0.106. The Morgan fingerprint density at radius 3 is 2.53 bits per heavy atom. The first kappa shape index (κ1) is 14.7. The number of rotatable bonds is 5. The van der Waals surface area contributed by atoms with Crippen molar-refractivity contribution in [1.29, 1.82) is 0 Å². The van der Waals surface area contributed by atoms with Crippen molar-refractivity contribution in [3.63, 3.8) is 0 Å². The highest BCUT2D eigenvalue weighted by Gasteiger charge is 2.20. The van der Waals surface area contributed by atoms with Crippen LogP contribution in [0.25, 0.3) is 0 Å². The number of nitrogens with zero attached hydrogens (tertiary/aromatic N) is 1. The Hall–Kier alpha value is -0.410. The van der Waals surface area contributed by atoms with E-state index < -0.39 is 0 Å². The molecule has 2 nitrogen and oxygen atoms in total. The second-order valence-electron chi connectivity index (χ2n) is 5.91. The first-order valence-electron chi connectivity index (χ1n) is 6.47. The van der Waals surface area contributed by atoms with Gasteiger partial charge in [0.2, 0.25) is 0 Å². The summed E-state index contributed by atoms with van der Waals surface area (Å²) >= 11 is 1.67. The molecule has 0 aromatic carbocycles. The fraction of sp³-hybridized carbons (Fsp3) is 0.786. The van der Waals surface area contributed by atoms with Gasteiger partial charge in [-0.3, -0.25) is 0 Å². The van der Waals surface area contributed by atoms with E-state index in [-0.39, 0.29) is 11.5 Å². The second kappa shape index (κ2) is 5.96. The van der Waals surface area contributed by atoms with Crippen molar-refractivity contribution in [3.8, 4) is 0 Å². The Labute approximate surface area is 109 Å². The molecule has 0 bridgehead atoms. The molecule has 17 heavy (non-hydrogen) atoms. The zero-order valence-electron chi connectivity index (χ0n) is 11.7. The average molecular weight is 255 g/mol. The van der Waals surface area contributed by atoms with Crippen molar-refractivity contribution < 1.29 is 5.11 Å². The predicted molar refractivity (Wildman–Crippen MR) is 74.6 cm³/mol. The second-order valence-corrected chi connectivity index (χ2v) is 6.86. The quantitative estimate of drug-likeness (QED) is 0.868. The van der Waals surface area contributed by atoms with E-state index in [1.54, 1.807) is 11.3 Å². The summed E-state index contributed by atoms with van der Waals surface area (Å²) in [6.07, 6.45) is 2.65. The van der Waals surface area contributed by atoms with E-state index in [9.17, 15) is 5.11 Å². The Morgan fingerprint density at radius 1 is 1.41 bits per heavy atom. The van der Waals surface area contributed by atoms with Gasteiger partial charge in [0.25, 0.3) is 0 Å². The average Bonchev–Trinajstić information content (AvgIpc) is 2.66. The van der Waals surface area contributed by atoms with Crippen LogP contribution in [0, 0.1) is 5.92 Å². The number of aliphatic hydroxyl groups excluding tert-OH is 1. The summed E-state index contributed by atoms with van der Waals surface area (Å²) in [6, 6.07) is 0. The van der Waals surface area contributed by atoms with E-state index >= 15 is 0 Å². The Morgan fingerprint density at radius 2 is 2.06 bits per heavy atom. The number of aromatic nitrogens is 1. The summed E-state index contributed by atoms with van der Waals surface area (Å²) in [4.78, 5) is 4.62. The molecule has 0 amide bonds. The van der Waals surface area contributed by atoms with E-state index in [4.69, 9.17) is 0 Å². The van der Waals surface area contributed by atoms with Gasteiger partial charge in [0.15, 0.2) is 0 Å². The van der Waals surface area contributed by atoms with Crippen molar-refractivity contribution >= 4 is 11.3 Å². The summed E-state index contributed by atoms with van der Waals surface area (Å²) in [5.74, 6) is 0.363. The molecule has 1 heterocycles. The number of hydrogen-bond acceptors (Lipinski definition) is 3. The molecule has 0 aliphatic rings. The van der Waals surface area contributed by atoms with Crippen molar-refractivity contribution in [2.45, 2.75) is 65.4 Å². The topological polar surface area (TPSA) is 33.1 Å². The third-order valence-corrected chi connectivity index (χ3v) is 3.98. The van der Waals surface area contributed by atoms with E-state index in [0.29, 0.717) is 12.3 Å². The first-order valence-corrected chi connectivity index (χ1v) is 7.35. The van der Waals surface area contributed by atoms with Gasteiger partial charge in [-0.1, -0.05) is 41.0 Å². The van der Waals surface area contributed by atoms with Gasteiger partial charge in [-0.05, 0) is 12.3 Å². The van der Waals surface area contributed by atoms with E-state index in [1.807, 2.05) is 0 Å². The minimum Gasteiger partial charge on any atom is -0.392 e. The third-order valence-electron chi connectivity index (χ3n) is 3.10. The van der Waals surface area contributed by atoms with Gasteiger partial charge >= 0.3 is 0 Å². The molecule has 0 aliphatic heterocycles. The van der Waals surface area contributed by atoms with E-state index in [2.05, 4.69) is 45.0 Å². The summed E-state index contributed by atoms with van der Waals surface area (Å²) in [5.41, 5.74) is 1.24. The lowest BCUT2D eigenvalue weighted by Crippen LogP contribution is -2.20. The Bertz CT molecular complexity index is 340. The molecule has 2 unspecified atom stereocenters. The van der Waals surface area contributed by atoms with Crippen LogP contribution in [0.15, 0.2) is 5.38 Å². The maximum Gasteiger partial charge on any atom is 0.0954 e. The highest BCUT2D eigenvalue weighted by Crippen LogP contribution is 2.25. The lowest BCUT2D eigenvalue weighted by atomic mass is 9.93. The molecule has 2 atom stereocenters. The summed E-state index contributed by atoms with van der Waals surface area (Å²) in [6.45, 7) is 10.8. The van der Waals surface area contributed by atoms with E-state index in [1.165, 1.54) is 0 Å². The Balaban J connectivity index is 2.60. The standard InChI is InChI=1S/C14H25NOS/c1-6-7-10(2)11(16)8-13-15-12(9-17-13)14(3,4)5/h9-11,16H,6-8H2,1-5H3. The molecule has 0 saturated carbocycles. The molecule has 1 N–H and O–H groups in total. The molecular formula is C14H25NOS. The van der Waals surface area contributed by atoms with Crippen LogP contribution in [0.5, 0.6) is 0 Å². The van der Waals surface area contributed by atoms with Gasteiger partial charge in [0.1, 0.15) is 0 Å². The lowest BCUT2D eigenvalue weighted by Gasteiger charge is -2.17. The maximum atomic E-state index is 10.1. The van der Waals surface area contributed by atoms with Crippen LogP contribution >= 0.6 is 11.3 Å². The normalized spacial score (nSPS) is 15.9. The van der Waals surface area contributed by atoms with Gasteiger partial charge in [0.05, 0.1) is 16.8 Å². The van der Waals surface area contributed by atoms with Gasteiger partial charge in [-0.25, -0.2) is 4.98 Å². The molecular weight excluding hydrogens is 230 g/mol. The van der Waals surface area contributed by atoms with Crippen LogP contribution in [0.2, 0.25) is 0 Å². The van der Waals surface area contributed by atoms with Gasteiger partial charge in [-0.2, -0.15) is 0 Å². The van der Waals surface area contributed by atoms with Crippen LogP contribution in [-0.2, 0) is 11.8 Å². The maximum absolute atomic E-state index is 10.1. The van der Waals surface area contributed by atoms with Crippen molar-refractivity contribution in [1.82, 2.24) is 4.98 Å². The van der Waals surface area contributed by atoms with Crippen molar-refractivity contribution in [2.24, 2.45) is 5.92 Å². The molecule has 0 radical (unpaired) electrons. The number of thiazole rings is 1. The highest BCUT2D eigenvalue weighted by atomic mass is 32.1. The van der Waals surface area contributed by atoms with Crippen LogP contribution in [-0.4, -0.2) is 16.2 Å². The van der Waals surface area contributed by atoms with Crippen LogP contribution < -0.4 is 0 Å². The molecule has 1 rings (SSSR count). The third kappa shape index (κ3) is 4.40. The van der Waals surface area contributed by atoms with Gasteiger partial charge in [-0.15, -0.1) is 11.3 Å². The van der Waals surface area contributed by atoms with Crippen molar-refractivity contribution in [3.05, 3.63) is 16.1 Å². The number of aliphatic hydroxyl groups is 1. The minimum atomic E-state index is -0.256. The highest BCUT2D eigenvalue weighted by molar-refractivity contribution is 7.09. The van der Waals surface area contributed by atoms with Crippen molar-refractivity contribution in [2.75, 3.05) is 0 Å². The summed E-state index contributed by atoms with van der Waals surface area (Å²) < 4.78 is 0. The van der Waals surface area contributed by atoms with Gasteiger partial charge in [0, 0.05) is 17.2 Å². The SMILES string of the molecule is CCCC(C)C(O)Cc1nc(C(C)(C)C)cs1. The lowest BCUT2D eigenvalue weighted by molar-refractivity contribution is 0.111. The molecule has 0 fully saturated rings. The predicted octanol–water partition coefficient (Wildman–Crippen LogP) is 3.78. The molecule has 0 saturated heterocycles. The molecule has 1 aromatic heterocycles. The molecule has 3 heteroatoms. The van der Waals surface area contributed by atoms with Gasteiger partial charge < -0.3 is 5.11 Å². The summed E-state index contributed by atoms with van der Waals surface area (Å²) in [5, 5.41) is 13.3. The van der Waals surface area contributed by atoms with Crippen LogP contribution in [0.3, 0.4) is 0 Å². The fourth-order valence-corrected chi connectivity index (χ4v) is 2.85. The van der Waals surface area contributed by atoms with Crippen LogP contribution in [0.1, 0.15) is 58.2 Å². The Kier molecular flexibility index (Phi) is 5.14. The zero-order valence-corrected chi connectivity index (χ0v) is 12.5. The fourth-order valence-electron chi connectivity index (χ4n) is 1.78. The smallest absolute Gasteiger partial charge is 0.0954 e. The zero-order chi connectivity index (χ0) is 13.1. The van der Waals surface area contributed by atoms with Crippen LogP contribution in [0.4, 0.5) is 0 Å². The molecule has 1 aromatic rings. The molecule has 0 aliphatic carbocycles. The first-order chi connectivity index (χ1) is 7.84. The number of hydrogen-bond donors (Lipinski definition) is 1. The largest absolute Gasteiger partial charge is 0.392 e. The monoisotopic (exact) mass is 255 g/mol. The molecule has 98 valence electrons.